The lowest BCUT2D eigenvalue weighted by molar-refractivity contribution is 0.251. The van der Waals surface area contributed by atoms with Gasteiger partial charge in [0.1, 0.15) is 5.82 Å². The molecule has 2 N–H and O–H groups in total. The summed E-state index contributed by atoms with van der Waals surface area (Å²) in [5, 5.41) is 5.20. The number of rotatable bonds is 4. The third kappa shape index (κ3) is 3.73. The van der Waals surface area contributed by atoms with Crippen LogP contribution in [0.5, 0.6) is 0 Å². The summed E-state index contributed by atoms with van der Waals surface area (Å²) in [7, 11) is 0. The molecule has 0 radical (unpaired) electrons. The van der Waals surface area contributed by atoms with Gasteiger partial charge in [-0.25, -0.2) is 9.18 Å². The molecule has 2 amide bonds. The fraction of sp³-hybridized carbons (Fsp3) is 0.0556. The molecule has 0 aliphatic rings. The van der Waals surface area contributed by atoms with Crippen LogP contribution in [-0.4, -0.2) is 16.0 Å². The number of para-hydroxylation sites is 1. The molecule has 1 aromatic carbocycles. The molecule has 0 fully saturated rings. The molecular weight excluding hydrogens is 307 g/mol. The molecule has 0 aliphatic carbocycles. The minimum absolute atomic E-state index is 0.135. The van der Waals surface area contributed by atoms with E-state index in [1.165, 1.54) is 12.1 Å². The van der Waals surface area contributed by atoms with Crippen LogP contribution in [0.2, 0.25) is 0 Å². The molecule has 0 unspecified atom stereocenters. The van der Waals surface area contributed by atoms with E-state index in [2.05, 4.69) is 20.6 Å². The molecular formula is C18H15FN4O. The number of hydrogen-bond acceptors (Lipinski definition) is 3. The normalized spacial score (nSPS) is 10.2. The summed E-state index contributed by atoms with van der Waals surface area (Å²) < 4.78 is 13.5. The number of anilines is 1. The number of halogens is 1. The van der Waals surface area contributed by atoms with E-state index in [0.717, 1.165) is 16.8 Å². The molecule has 24 heavy (non-hydrogen) atoms. The summed E-state index contributed by atoms with van der Waals surface area (Å²) in [6.07, 6.45) is 5.07. The van der Waals surface area contributed by atoms with E-state index in [-0.39, 0.29) is 12.2 Å². The lowest BCUT2D eigenvalue weighted by Crippen LogP contribution is -2.28. The van der Waals surface area contributed by atoms with Crippen LogP contribution in [-0.2, 0) is 6.54 Å². The van der Waals surface area contributed by atoms with Crippen LogP contribution in [0.15, 0.2) is 67.1 Å². The van der Waals surface area contributed by atoms with E-state index in [4.69, 9.17) is 0 Å². The van der Waals surface area contributed by atoms with Crippen molar-refractivity contribution in [3.8, 4) is 11.3 Å². The molecule has 0 saturated heterocycles. The summed E-state index contributed by atoms with van der Waals surface area (Å²) in [4.78, 5) is 20.3. The van der Waals surface area contributed by atoms with E-state index in [1.54, 1.807) is 36.8 Å². The highest BCUT2D eigenvalue weighted by molar-refractivity contribution is 5.89. The minimum atomic E-state index is -0.482. The quantitative estimate of drug-likeness (QED) is 0.771. The second-order valence-corrected chi connectivity index (χ2v) is 5.03. The summed E-state index contributed by atoms with van der Waals surface area (Å²) >= 11 is 0. The Hall–Kier alpha value is -3.28. The first-order valence-electron chi connectivity index (χ1n) is 7.38. The van der Waals surface area contributed by atoms with E-state index >= 15 is 0 Å². The van der Waals surface area contributed by atoms with Gasteiger partial charge in [-0.2, -0.15) is 0 Å². The first-order valence-corrected chi connectivity index (χ1v) is 7.38. The molecule has 2 aromatic heterocycles. The van der Waals surface area contributed by atoms with Crippen LogP contribution < -0.4 is 10.6 Å². The fourth-order valence-corrected chi connectivity index (χ4v) is 2.26. The number of amides is 2. The number of nitrogens with zero attached hydrogens (tertiary/aromatic N) is 2. The zero-order chi connectivity index (χ0) is 16.8. The Labute approximate surface area is 138 Å². The first-order chi connectivity index (χ1) is 11.7. The Balaban J connectivity index is 1.69. The van der Waals surface area contributed by atoms with E-state index in [1.807, 2.05) is 18.2 Å². The fourth-order valence-electron chi connectivity index (χ4n) is 2.26. The Morgan fingerprint density at radius 3 is 2.58 bits per heavy atom. The van der Waals surface area contributed by atoms with Crippen LogP contribution in [0.25, 0.3) is 11.3 Å². The van der Waals surface area contributed by atoms with Gasteiger partial charge >= 0.3 is 6.03 Å². The zero-order valence-corrected chi connectivity index (χ0v) is 12.7. The van der Waals surface area contributed by atoms with Crippen molar-refractivity contribution in [1.29, 1.82) is 0 Å². The standard InChI is InChI=1S/C18H15FN4O/c19-15-5-1-2-6-16(15)23-18(24)22-12-14-4-3-9-21-17(14)13-7-10-20-11-8-13/h1-11H,12H2,(H2,22,23,24). The Kier molecular flexibility index (Phi) is 4.76. The lowest BCUT2D eigenvalue weighted by Gasteiger charge is -2.11. The van der Waals surface area contributed by atoms with Crippen molar-refractivity contribution in [1.82, 2.24) is 15.3 Å². The van der Waals surface area contributed by atoms with Gasteiger partial charge in [0.05, 0.1) is 11.4 Å². The Morgan fingerprint density at radius 2 is 1.79 bits per heavy atom. The van der Waals surface area contributed by atoms with E-state index in [9.17, 15) is 9.18 Å². The van der Waals surface area contributed by atoms with Crippen molar-refractivity contribution in [3.05, 3.63) is 78.5 Å². The number of aromatic nitrogens is 2. The number of pyridine rings is 2. The predicted octanol–water partition coefficient (Wildman–Crippen LogP) is 3.60. The van der Waals surface area contributed by atoms with Gasteiger partial charge in [-0.15, -0.1) is 0 Å². The average Bonchev–Trinajstić information content (AvgIpc) is 2.63. The first kappa shape index (κ1) is 15.6. The van der Waals surface area contributed by atoms with Gasteiger partial charge in [-0.05, 0) is 35.9 Å². The molecule has 6 heteroatoms. The molecule has 0 saturated carbocycles. The SMILES string of the molecule is O=C(NCc1cccnc1-c1ccncc1)Nc1ccccc1F. The van der Waals surface area contributed by atoms with Gasteiger partial charge in [-0.3, -0.25) is 9.97 Å². The second-order valence-electron chi connectivity index (χ2n) is 5.03. The second kappa shape index (κ2) is 7.32. The van der Waals surface area contributed by atoms with Crippen LogP contribution >= 0.6 is 0 Å². The van der Waals surface area contributed by atoms with Crippen molar-refractivity contribution in [2.45, 2.75) is 6.54 Å². The van der Waals surface area contributed by atoms with Gasteiger partial charge in [0.25, 0.3) is 0 Å². The highest BCUT2D eigenvalue weighted by Gasteiger charge is 2.09. The third-order valence-electron chi connectivity index (χ3n) is 3.41. The van der Waals surface area contributed by atoms with Crippen molar-refractivity contribution >= 4 is 11.7 Å². The maximum Gasteiger partial charge on any atom is 0.319 e. The number of carbonyl (C=O) groups excluding carboxylic acids is 1. The summed E-state index contributed by atoms with van der Waals surface area (Å²) in [5.41, 5.74) is 2.67. The predicted molar refractivity (Wildman–Crippen MR) is 89.7 cm³/mol. The van der Waals surface area contributed by atoms with Gasteiger partial charge in [0, 0.05) is 30.7 Å². The van der Waals surface area contributed by atoms with Crippen LogP contribution in [0.3, 0.4) is 0 Å². The van der Waals surface area contributed by atoms with Crippen LogP contribution in [0.4, 0.5) is 14.9 Å². The van der Waals surface area contributed by atoms with Gasteiger partial charge < -0.3 is 10.6 Å². The third-order valence-corrected chi connectivity index (χ3v) is 3.41. The van der Waals surface area contributed by atoms with Crippen molar-refractivity contribution < 1.29 is 9.18 Å². The highest BCUT2D eigenvalue weighted by Crippen LogP contribution is 2.20. The average molecular weight is 322 g/mol. The molecule has 0 spiro atoms. The monoisotopic (exact) mass is 322 g/mol. The molecule has 120 valence electrons. The Bertz CT molecular complexity index is 839. The molecule has 3 aromatic rings. The number of urea groups is 1. The van der Waals surface area contributed by atoms with Crippen molar-refractivity contribution in [2.24, 2.45) is 0 Å². The molecule has 2 heterocycles. The van der Waals surface area contributed by atoms with E-state index in [0.29, 0.717) is 0 Å². The van der Waals surface area contributed by atoms with Gasteiger partial charge in [0.15, 0.2) is 0 Å². The molecule has 3 rings (SSSR count). The largest absolute Gasteiger partial charge is 0.334 e. The number of benzene rings is 1. The van der Waals surface area contributed by atoms with Crippen LogP contribution in [0, 0.1) is 5.82 Å². The number of hydrogen-bond donors (Lipinski definition) is 2. The zero-order valence-electron chi connectivity index (χ0n) is 12.7. The van der Waals surface area contributed by atoms with Gasteiger partial charge in [0.2, 0.25) is 0 Å². The maximum absolute atomic E-state index is 13.5. The van der Waals surface area contributed by atoms with Crippen molar-refractivity contribution in [2.75, 3.05) is 5.32 Å². The lowest BCUT2D eigenvalue weighted by atomic mass is 10.1. The smallest absolute Gasteiger partial charge is 0.319 e. The number of carbonyl (C=O) groups is 1. The topological polar surface area (TPSA) is 66.9 Å². The van der Waals surface area contributed by atoms with Crippen LogP contribution in [0.1, 0.15) is 5.56 Å². The summed E-state index contributed by atoms with van der Waals surface area (Å²) in [6, 6.07) is 12.9. The summed E-state index contributed by atoms with van der Waals surface area (Å²) in [6.45, 7) is 0.270. The highest BCUT2D eigenvalue weighted by atomic mass is 19.1. The van der Waals surface area contributed by atoms with E-state index < -0.39 is 11.8 Å². The molecule has 0 aliphatic heterocycles. The molecule has 0 atom stereocenters. The summed E-state index contributed by atoms with van der Waals surface area (Å²) in [5.74, 6) is -0.480. The molecule has 0 bridgehead atoms. The maximum atomic E-state index is 13.5. The number of nitrogens with one attached hydrogen (secondary N) is 2. The van der Waals surface area contributed by atoms with Gasteiger partial charge in [-0.1, -0.05) is 18.2 Å². The Morgan fingerprint density at radius 1 is 1.00 bits per heavy atom. The molecule has 5 nitrogen and oxygen atoms in total. The minimum Gasteiger partial charge on any atom is -0.334 e. The van der Waals surface area contributed by atoms with Crippen molar-refractivity contribution in [3.63, 3.8) is 0 Å².